The molecule has 0 radical (unpaired) electrons. The van der Waals surface area contributed by atoms with Crippen LogP contribution >= 0.6 is 11.6 Å². The van der Waals surface area contributed by atoms with Crippen molar-refractivity contribution in [1.82, 2.24) is 9.97 Å². The van der Waals surface area contributed by atoms with Gasteiger partial charge in [-0.15, -0.1) is 0 Å². The molecule has 0 atom stereocenters. The molecule has 0 aliphatic rings. The van der Waals surface area contributed by atoms with E-state index >= 15 is 0 Å². The van der Waals surface area contributed by atoms with Crippen LogP contribution in [0.15, 0.2) is 36.4 Å². The van der Waals surface area contributed by atoms with E-state index in [4.69, 9.17) is 16.3 Å². The van der Waals surface area contributed by atoms with Crippen molar-refractivity contribution in [3.63, 3.8) is 0 Å². The number of esters is 1. The first kappa shape index (κ1) is 18.8. The number of carbonyl (C=O) groups is 2. The number of amides is 1. The Morgan fingerprint density at radius 1 is 1.04 bits per heavy atom. The molecule has 6 nitrogen and oxygen atoms in total. The van der Waals surface area contributed by atoms with Gasteiger partial charge in [-0.2, -0.15) is 0 Å². The number of ether oxygens (including phenoxy) is 1. The van der Waals surface area contributed by atoms with Gasteiger partial charge in [-0.25, -0.2) is 14.8 Å². The maximum atomic E-state index is 12.2. The van der Waals surface area contributed by atoms with E-state index in [-0.39, 0.29) is 0 Å². The highest BCUT2D eigenvalue weighted by Gasteiger charge is 2.13. The Kier molecular flexibility index (Phi) is 5.37. The molecule has 3 rings (SSSR count). The SMILES string of the molecule is Cc1nc2ccc(C(=O)OCC(=O)Nc3cccc(Cl)c3C)cc2nc1C. The summed E-state index contributed by atoms with van der Waals surface area (Å²) in [6.07, 6.45) is 0. The number of anilines is 1. The van der Waals surface area contributed by atoms with E-state index < -0.39 is 18.5 Å². The van der Waals surface area contributed by atoms with Crippen LogP contribution in [0.3, 0.4) is 0 Å². The predicted molar refractivity (Wildman–Crippen MR) is 104 cm³/mol. The van der Waals surface area contributed by atoms with Crippen LogP contribution in [0, 0.1) is 20.8 Å². The van der Waals surface area contributed by atoms with E-state index in [1.54, 1.807) is 43.3 Å². The molecule has 0 saturated heterocycles. The minimum absolute atomic E-state index is 0.312. The van der Waals surface area contributed by atoms with Crippen molar-refractivity contribution in [3.05, 3.63) is 63.9 Å². The first-order valence-corrected chi connectivity index (χ1v) is 8.70. The molecule has 0 bridgehead atoms. The van der Waals surface area contributed by atoms with E-state index in [0.29, 0.717) is 27.3 Å². The number of carbonyl (C=O) groups excluding carboxylic acids is 2. The van der Waals surface area contributed by atoms with Gasteiger partial charge in [0.05, 0.1) is 28.0 Å². The molecule has 0 spiro atoms. The van der Waals surface area contributed by atoms with Gasteiger partial charge >= 0.3 is 5.97 Å². The summed E-state index contributed by atoms with van der Waals surface area (Å²) < 4.78 is 5.10. The Hall–Kier alpha value is -2.99. The molecule has 1 heterocycles. The Morgan fingerprint density at radius 3 is 2.48 bits per heavy atom. The first-order valence-electron chi connectivity index (χ1n) is 8.32. The number of hydrogen-bond donors (Lipinski definition) is 1. The third-order valence-electron chi connectivity index (χ3n) is 4.19. The molecule has 0 fully saturated rings. The lowest BCUT2D eigenvalue weighted by atomic mass is 10.2. The number of fused-ring (bicyclic) bond motifs is 1. The van der Waals surface area contributed by atoms with Crippen LogP contribution in [-0.2, 0) is 9.53 Å². The quantitative estimate of drug-likeness (QED) is 0.688. The van der Waals surface area contributed by atoms with Crippen LogP contribution in [0.25, 0.3) is 11.0 Å². The summed E-state index contributed by atoms with van der Waals surface area (Å²) in [6.45, 7) is 5.13. The Labute approximate surface area is 161 Å². The zero-order valence-electron chi connectivity index (χ0n) is 15.2. The molecule has 7 heteroatoms. The standard InChI is InChI=1S/C20H18ClN3O3/c1-11-15(21)5-4-6-16(11)24-19(25)10-27-20(26)14-7-8-17-18(9-14)23-13(3)12(2)22-17/h4-9H,10H2,1-3H3,(H,24,25). The lowest BCUT2D eigenvalue weighted by molar-refractivity contribution is -0.119. The number of aromatic nitrogens is 2. The molecule has 0 aliphatic carbocycles. The number of aryl methyl sites for hydroxylation is 2. The van der Waals surface area contributed by atoms with Gasteiger partial charge in [0.1, 0.15) is 0 Å². The molecule has 0 saturated carbocycles. The Balaban J connectivity index is 1.66. The number of rotatable bonds is 4. The van der Waals surface area contributed by atoms with Gasteiger partial charge in [0, 0.05) is 10.7 Å². The third-order valence-corrected chi connectivity index (χ3v) is 4.60. The average Bonchev–Trinajstić information content (AvgIpc) is 2.64. The smallest absolute Gasteiger partial charge is 0.338 e. The fourth-order valence-electron chi connectivity index (χ4n) is 2.50. The van der Waals surface area contributed by atoms with Gasteiger partial charge in [0.2, 0.25) is 0 Å². The van der Waals surface area contributed by atoms with E-state index in [1.165, 1.54) is 0 Å². The van der Waals surface area contributed by atoms with Crippen LogP contribution < -0.4 is 5.32 Å². The molecule has 138 valence electrons. The van der Waals surface area contributed by atoms with Crippen LogP contribution in [0.4, 0.5) is 5.69 Å². The molecule has 3 aromatic rings. The van der Waals surface area contributed by atoms with Crippen molar-refractivity contribution in [1.29, 1.82) is 0 Å². The zero-order chi connectivity index (χ0) is 19.6. The summed E-state index contributed by atoms with van der Waals surface area (Å²) in [5.74, 6) is -1.05. The van der Waals surface area contributed by atoms with Crippen LogP contribution in [0.5, 0.6) is 0 Å². The average molecular weight is 384 g/mol. The van der Waals surface area contributed by atoms with E-state index in [0.717, 1.165) is 17.0 Å². The number of hydrogen-bond acceptors (Lipinski definition) is 5. The normalized spacial score (nSPS) is 10.7. The van der Waals surface area contributed by atoms with Crippen LogP contribution in [0.2, 0.25) is 5.02 Å². The monoisotopic (exact) mass is 383 g/mol. The number of nitrogens with zero attached hydrogens (tertiary/aromatic N) is 2. The van der Waals surface area contributed by atoms with Gasteiger partial charge in [-0.1, -0.05) is 17.7 Å². The molecular formula is C20H18ClN3O3. The summed E-state index contributed by atoms with van der Waals surface area (Å²) in [5, 5.41) is 3.23. The predicted octanol–water partition coefficient (Wildman–Crippen LogP) is 4.00. The second-order valence-electron chi connectivity index (χ2n) is 6.13. The Bertz CT molecular complexity index is 1050. The minimum atomic E-state index is -0.602. The molecular weight excluding hydrogens is 366 g/mol. The van der Waals surface area contributed by atoms with Crippen LogP contribution in [-0.4, -0.2) is 28.5 Å². The number of benzene rings is 2. The molecule has 2 aromatic carbocycles. The Morgan fingerprint density at radius 2 is 1.74 bits per heavy atom. The van der Waals surface area contributed by atoms with Gasteiger partial charge in [-0.3, -0.25) is 4.79 Å². The van der Waals surface area contributed by atoms with Gasteiger partial charge < -0.3 is 10.1 Å². The maximum Gasteiger partial charge on any atom is 0.338 e. The third kappa shape index (κ3) is 4.23. The highest BCUT2D eigenvalue weighted by Crippen LogP contribution is 2.22. The lowest BCUT2D eigenvalue weighted by Crippen LogP contribution is -2.21. The minimum Gasteiger partial charge on any atom is -0.452 e. The molecule has 1 N–H and O–H groups in total. The summed E-state index contributed by atoms with van der Waals surface area (Å²) in [4.78, 5) is 33.1. The highest BCUT2D eigenvalue weighted by molar-refractivity contribution is 6.31. The van der Waals surface area contributed by atoms with E-state index in [9.17, 15) is 9.59 Å². The van der Waals surface area contributed by atoms with Crippen molar-refractivity contribution < 1.29 is 14.3 Å². The van der Waals surface area contributed by atoms with Crippen molar-refractivity contribution in [3.8, 4) is 0 Å². The molecule has 1 aromatic heterocycles. The number of nitrogens with one attached hydrogen (secondary N) is 1. The number of halogens is 1. The fourth-order valence-corrected chi connectivity index (χ4v) is 2.68. The van der Waals surface area contributed by atoms with Crippen molar-refractivity contribution in [2.75, 3.05) is 11.9 Å². The van der Waals surface area contributed by atoms with Crippen molar-refractivity contribution >= 4 is 40.2 Å². The maximum absolute atomic E-state index is 12.2. The fraction of sp³-hybridized carbons (Fsp3) is 0.200. The second kappa shape index (κ2) is 7.72. The van der Waals surface area contributed by atoms with Crippen molar-refractivity contribution in [2.45, 2.75) is 20.8 Å². The summed E-state index contributed by atoms with van der Waals surface area (Å²) >= 11 is 6.03. The first-order chi connectivity index (χ1) is 12.8. The van der Waals surface area contributed by atoms with Crippen molar-refractivity contribution in [2.24, 2.45) is 0 Å². The molecule has 0 unspecified atom stereocenters. The second-order valence-corrected chi connectivity index (χ2v) is 6.54. The van der Waals surface area contributed by atoms with Crippen LogP contribution in [0.1, 0.15) is 27.3 Å². The lowest BCUT2D eigenvalue weighted by Gasteiger charge is -2.10. The topological polar surface area (TPSA) is 81.2 Å². The summed E-state index contributed by atoms with van der Waals surface area (Å²) in [5.41, 5.74) is 4.57. The molecule has 27 heavy (non-hydrogen) atoms. The van der Waals surface area contributed by atoms with E-state index in [2.05, 4.69) is 15.3 Å². The van der Waals surface area contributed by atoms with E-state index in [1.807, 2.05) is 13.8 Å². The summed E-state index contributed by atoms with van der Waals surface area (Å²) in [7, 11) is 0. The largest absolute Gasteiger partial charge is 0.452 e. The van der Waals surface area contributed by atoms with Gasteiger partial charge in [0.15, 0.2) is 6.61 Å². The van der Waals surface area contributed by atoms with Gasteiger partial charge in [-0.05, 0) is 56.7 Å². The summed E-state index contributed by atoms with van der Waals surface area (Å²) in [6, 6.07) is 10.1. The van der Waals surface area contributed by atoms with Gasteiger partial charge in [0.25, 0.3) is 5.91 Å². The molecule has 1 amide bonds. The highest BCUT2D eigenvalue weighted by atomic mass is 35.5. The zero-order valence-corrected chi connectivity index (χ0v) is 15.9. The molecule has 0 aliphatic heterocycles.